The fraction of sp³-hybridized carbons (Fsp3) is 0.467. The normalized spacial score (nSPS) is 11.9. The first-order chi connectivity index (χ1) is 9.60. The summed E-state index contributed by atoms with van der Waals surface area (Å²) in [7, 11) is 0. The number of aliphatic hydroxyl groups is 1. The van der Waals surface area contributed by atoms with Crippen LogP contribution in [0.4, 0.5) is 0 Å². The molecular formula is C15H20N2O2S. The Bertz CT molecular complexity index is 483. The Morgan fingerprint density at radius 2 is 2.15 bits per heavy atom. The molecule has 1 aromatic rings. The zero-order valence-corrected chi connectivity index (χ0v) is 12.6. The molecule has 4 nitrogen and oxygen atoms in total. The number of nitrogens with zero attached hydrogens (tertiary/aromatic N) is 1. The van der Waals surface area contributed by atoms with E-state index < -0.39 is 0 Å². The molecular weight excluding hydrogens is 272 g/mol. The van der Waals surface area contributed by atoms with E-state index in [0.29, 0.717) is 17.7 Å². The zero-order valence-electron chi connectivity index (χ0n) is 11.8. The lowest BCUT2D eigenvalue weighted by atomic mass is 10.0. The summed E-state index contributed by atoms with van der Waals surface area (Å²) < 4.78 is 0. The summed E-state index contributed by atoms with van der Waals surface area (Å²) >= 11 is 1.35. The highest BCUT2D eigenvalue weighted by atomic mass is 32.2. The number of nitriles is 1. The number of hydrogen-bond donors (Lipinski definition) is 2. The Balaban J connectivity index is 2.83. The van der Waals surface area contributed by atoms with E-state index in [1.807, 2.05) is 32.0 Å². The van der Waals surface area contributed by atoms with E-state index in [9.17, 15) is 4.79 Å². The molecule has 0 fully saturated rings. The van der Waals surface area contributed by atoms with Crippen LogP contribution >= 0.6 is 11.8 Å². The summed E-state index contributed by atoms with van der Waals surface area (Å²) in [5.41, 5.74) is 0.580. The van der Waals surface area contributed by atoms with Crippen molar-refractivity contribution < 1.29 is 9.90 Å². The van der Waals surface area contributed by atoms with Gasteiger partial charge >= 0.3 is 0 Å². The summed E-state index contributed by atoms with van der Waals surface area (Å²) in [6.45, 7) is 4.07. The van der Waals surface area contributed by atoms with Gasteiger partial charge < -0.3 is 10.4 Å². The summed E-state index contributed by atoms with van der Waals surface area (Å²) in [5, 5.41) is 20.6. The fourth-order valence-electron chi connectivity index (χ4n) is 1.85. The number of aliphatic hydroxyl groups excluding tert-OH is 1. The number of benzene rings is 1. The van der Waals surface area contributed by atoms with Crippen LogP contribution in [0.5, 0.6) is 0 Å². The summed E-state index contributed by atoms with van der Waals surface area (Å²) in [6, 6.07) is 9.26. The predicted molar refractivity (Wildman–Crippen MR) is 80.6 cm³/mol. The van der Waals surface area contributed by atoms with Crippen LogP contribution < -0.4 is 5.32 Å². The van der Waals surface area contributed by atoms with Gasteiger partial charge in [-0.15, -0.1) is 11.8 Å². The molecule has 5 heteroatoms. The van der Waals surface area contributed by atoms with Crippen LogP contribution in [0.25, 0.3) is 0 Å². The molecule has 1 rings (SSSR count). The third kappa shape index (κ3) is 4.87. The molecule has 1 amide bonds. The molecule has 0 aliphatic heterocycles. The lowest BCUT2D eigenvalue weighted by molar-refractivity contribution is 0.0913. The number of thioether (sulfide) groups is 1. The van der Waals surface area contributed by atoms with Crippen molar-refractivity contribution in [2.24, 2.45) is 5.92 Å². The van der Waals surface area contributed by atoms with E-state index in [1.54, 1.807) is 6.07 Å². The van der Waals surface area contributed by atoms with Crippen LogP contribution in [0.2, 0.25) is 0 Å². The maximum absolute atomic E-state index is 12.3. The van der Waals surface area contributed by atoms with Crippen LogP contribution in [0, 0.1) is 17.2 Å². The maximum Gasteiger partial charge on any atom is 0.252 e. The molecule has 0 bridgehead atoms. The number of hydrogen-bond acceptors (Lipinski definition) is 4. The third-order valence-electron chi connectivity index (χ3n) is 2.99. The molecule has 0 radical (unpaired) electrons. The highest BCUT2D eigenvalue weighted by Crippen LogP contribution is 2.22. The van der Waals surface area contributed by atoms with Gasteiger partial charge in [-0.1, -0.05) is 26.0 Å². The lowest BCUT2D eigenvalue weighted by Gasteiger charge is -2.22. The quantitative estimate of drug-likeness (QED) is 0.757. The second-order valence-electron chi connectivity index (χ2n) is 4.78. The highest BCUT2D eigenvalue weighted by molar-refractivity contribution is 7.99. The van der Waals surface area contributed by atoms with Crippen LogP contribution in [0.3, 0.4) is 0 Å². The monoisotopic (exact) mass is 292 g/mol. The minimum absolute atomic E-state index is 0.0496. The number of amides is 1. The molecule has 1 unspecified atom stereocenters. The average molecular weight is 292 g/mol. The van der Waals surface area contributed by atoms with Crippen molar-refractivity contribution in [1.82, 2.24) is 5.32 Å². The van der Waals surface area contributed by atoms with Gasteiger partial charge in [0, 0.05) is 17.5 Å². The first kappa shape index (κ1) is 16.5. The van der Waals surface area contributed by atoms with Crippen molar-refractivity contribution in [3.05, 3.63) is 29.8 Å². The van der Waals surface area contributed by atoms with Crippen molar-refractivity contribution in [1.29, 1.82) is 5.26 Å². The standard InChI is InChI=1S/C15H20N2O2S/c1-11(2)13(7-9-18)17-15(19)12-5-3-4-6-14(12)20-10-8-16/h3-6,11,13,18H,7,9-10H2,1-2H3,(H,17,19). The van der Waals surface area contributed by atoms with Gasteiger partial charge in [0.1, 0.15) is 0 Å². The maximum atomic E-state index is 12.3. The van der Waals surface area contributed by atoms with E-state index in [4.69, 9.17) is 10.4 Å². The molecule has 2 N–H and O–H groups in total. The van der Waals surface area contributed by atoms with Crippen LogP contribution in [0.15, 0.2) is 29.2 Å². The lowest BCUT2D eigenvalue weighted by Crippen LogP contribution is -2.39. The molecule has 1 atom stereocenters. The second-order valence-corrected chi connectivity index (χ2v) is 5.80. The van der Waals surface area contributed by atoms with Gasteiger partial charge in [-0.25, -0.2) is 0 Å². The van der Waals surface area contributed by atoms with Gasteiger partial charge in [0.25, 0.3) is 5.91 Å². The number of carbonyl (C=O) groups excluding carboxylic acids is 1. The van der Waals surface area contributed by atoms with Gasteiger partial charge in [-0.3, -0.25) is 4.79 Å². The van der Waals surface area contributed by atoms with Crippen molar-refractivity contribution in [2.75, 3.05) is 12.4 Å². The molecule has 0 spiro atoms. The van der Waals surface area contributed by atoms with Crippen molar-refractivity contribution in [3.63, 3.8) is 0 Å². The molecule has 1 aromatic carbocycles. The molecule has 0 saturated heterocycles. The number of nitrogens with one attached hydrogen (secondary N) is 1. The van der Waals surface area contributed by atoms with E-state index in [2.05, 4.69) is 11.4 Å². The predicted octanol–water partition coefficient (Wildman–Crippen LogP) is 2.44. The Kier molecular flexibility index (Phi) is 7.13. The third-order valence-corrected chi connectivity index (χ3v) is 3.93. The van der Waals surface area contributed by atoms with Gasteiger partial charge in [0.15, 0.2) is 0 Å². The van der Waals surface area contributed by atoms with Gasteiger partial charge in [-0.2, -0.15) is 5.26 Å². The summed E-state index contributed by atoms with van der Waals surface area (Å²) in [4.78, 5) is 13.1. The van der Waals surface area contributed by atoms with E-state index in [0.717, 1.165) is 4.90 Å². The van der Waals surface area contributed by atoms with Crippen molar-refractivity contribution in [3.8, 4) is 6.07 Å². The SMILES string of the molecule is CC(C)C(CCO)NC(=O)c1ccccc1SCC#N. The molecule has 20 heavy (non-hydrogen) atoms. The fourth-order valence-corrected chi connectivity index (χ4v) is 2.56. The number of carbonyl (C=O) groups is 1. The average Bonchev–Trinajstić information content (AvgIpc) is 2.44. The molecule has 0 aliphatic rings. The largest absolute Gasteiger partial charge is 0.396 e. The number of rotatable bonds is 7. The van der Waals surface area contributed by atoms with Crippen LogP contribution in [-0.2, 0) is 0 Å². The van der Waals surface area contributed by atoms with Crippen LogP contribution in [-0.4, -0.2) is 29.4 Å². The Labute approximate surface area is 124 Å². The molecule has 0 saturated carbocycles. The Morgan fingerprint density at radius 3 is 2.75 bits per heavy atom. The minimum Gasteiger partial charge on any atom is -0.396 e. The zero-order chi connectivity index (χ0) is 15.0. The Hall–Kier alpha value is -1.51. The molecule has 0 heterocycles. The second kappa shape index (κ2) is 8.62. The smallest absolute Gasteiger partial charge is 0.252 e. The summed E-state index contributed by atoms with van der Waals surface area (Å²) in [6.07, 6.45) is 0.539. The van der Waals surface area contributed by atoms with E-state index in [1.165, 1.54) is 11.8 Å². The summed E-state index contributed by atoms with van der Waals surface area (Å²) in [5.74, 6) is 0.414. The first-order valence-corrected chi connectivity index (χ1v) is 7.59. The topological polar surface area (TPSA) is 73.1 Å². The highest BCUT2D eigenvalue weighted by Gasteiger charge is 2.18. The molecule has 108 valence electrons. The van der Waals surface area contributed by atoms with Gasteiger partial charge in [0.2, 0.25) is 0 Å². The van der Waals surface area contributed by atoms with E-state index >= 15 is 0 Å². The molecule has 0 aromatic heterocycles. The van der Waals surface area contributed by atoms with Crippen LogP contribution in [0.1, 0.15) is 30.6 Å². The molecule has 0 aliphatic carbocycles. The first-order valence-electron chi connectivity index (χ1n) is 6.60. The van der Waals surface area contributed by atoms with E-state index in [-0.39, 0.29) is 24.5 Å². The van der Waals surface area contributed by atoms with Crippen molar-refractivity contribution in [2.45, 2.75) is 31.2 Å². The van der Waals surface area contributed by atoms with Gasteiger partial charge in [-0.05, 0) is 24.5 Å². The van der Waals surface area contributed by atoms with Gasteiger partial charge in [0.05, 0.1) is 17.4 Å². The minimum atomic E-state index is -0.154. The Morgan fingerprint density at radius 1 is 1.45 bits per heavy atom. The van der Waals surface area contributed by atoms with Crippen molar-refractivity contribution >= 4 is 17.7 Å².